The number of hydrogen-bond donors (Lipinski definition) is 1. The molecule has 0 aliphatic heterocycles. The minimum atomic E-state index is -0.688. The molecule has 0 aliphatic rings. The number of methoxy groups -OCH3 is 1. The molecule has 0 bridgehead atoms. The number of nitrogens with one attached hydrogen (secondary N) is 1. The quantitative estimate of drug-likeness (QED) is 0.438. The number of benzene rings is 1. The molecule has 0 aliphatic carbocycles. The lowest BCUT2D eigenvalue weighted by molar-refractivity contribution is -0.143. The standard InChI is InChI=1S/C17H18N2O6/c1-23-16(21)7-4-10-18-14(20)11-24-17(22)9-8-15-19-12-5-2-3-6-13(12)25-15/h2-3,5-6,8-9H,4,7,10-11H2,1H3,(H,18,20)/b9-8+. The molecule has 1 amide bonds. The van der Waals surface area contributed by atoms with Crippen molar-refractivity contribution in [2.24, 2.45) is 0 Å². The Kier molecular flexibility index (Phi) is 6.70. The third kappa shape index (κ3) is 6.09. The highest BCUT2D eigenvalue weighted by molar-refractivity contribution is 5.89. The van der Waals surface area contributed by atoms with Gasteiger partial charge in [0.05, 0.1) is 7.11 Å². The van der Waals surface area contributed by atoms with E-state index in [0.29, 0.717) is 24.1 Å². The Balaban J connectivity index is 1.69. The molecule has 0 saturated carbocycles. The van der Waals surface area contributed by atoms with Gasteiger partial charge in [-0.15, -0.1) is 0 Å². The summed E-state index contributed by atoms with van der Waals surface area (Å²) in [6.07, 6.45) is 3.17. The molecule has 1 aromatic carbocycles. The number of oxazole rings is 1. The number of fused-ring (bicyclic) bond motifs is 1. The minimum absolute atomic E-state index is 0.212. The van der Waals surface area contributed by atoms with E-state index in [0.717, 1.165) is 6.08 Å². The molecule has 1 aromatic heterocycles. The van der Waals surface area contributed by atoms with E-state index in [-0.39, 0.29) is 18.3 Å². The van der Waals surface area contributed by atoms with Crippen molar-refractivity contribution in [1.29, 1.82) is 0 Å². The fraction of sp³-hybridized carbons (Fsp3) is 0.294. The summed E-state index contributed by atoms with van der Waals surface area (Å²) in [5, 5.41) is 2.53. The Morgan fingerprint density at radius 1 is 1.28 bits per heavy atom. The van der Waals surface area contributed by atoms with Crippen molar-refractivity contribution in [2.45, 2.75) is 12.8 Å². The molecule has 0 fully saturated rings. The summed E-state index contributed by atoms with van der Waals surface area (Å²) < 4.78 is 14.7. The Morgan fingerprint density at radius 2 is 2.08 bits per heavy atom. The van der Waals surface area contributed by atoms with Crippen LogP contribution in [0.15, 0.2) is 34.8 Å². The van der Waals surface area contributed by atoms with Gasteiger partial charge >= 0.3 is 11.9 Å². The van der Waals surface area contributed by atoms with Gasteiger partial charge in [-0.05, 0) is 18.6 Å². The average molecular weight is 346 g/mol. The summed E-state index contributed by atoms with van der Waals surface area (Å²) in [7, 11) is 1.30. The van der Waals surface area contributed by atoms with Gasteiger partial charge in [0, 0.05) is 25.1 Å². The maximum atomic E-state index is 11.6. The molecule has 8 nitrogen and oxygen atoms in total. The first-order valence-electron chi connectivity index (χ1n) is 7.62. The second-order valence-electron chi connectivity index (χ2n) is 4.99. The number of para-hydroxylation sites is 2. The van der Waals surface area contributed by atoms with Crippen LogP contribution in [0.5, 0.6) is 0 Å². The van der Waals surface area contributed by atoms with Gasteiger partial charge in [-0.25, -0.2) is 9.78 Å². The number of esters is 2. The molecule has 0 spiro atoms. The summed E-state index contributed by atoms with van der Waals surface area (Å²) in [6.45, 7) is -0.112. The molecule has 1 heterocycles. The Labute approximate surface area is 143 Å². The number of nitrogens with zero attached hydrogens (tertiary/aromatic N) is 1. The molecule has 0 unspecified atom stereocenters. The molecule has 0 radical (unpaired) electrons. The first-order valence-corrected chi connectivity index (χ1v) is 7.62. The number of carbonyl (C=O) groups excluding carboxylic acids is 3. The number of ether oxygens (including phenoxy) is 2. The Morgan fingerprint density at radius 3 is 2.84 bits per heavy atom. The molecule has 2 aromatic rings. The zero-order valence-electron chi connectivity index (χ0n) is 13.7. The topological polar surface area (TPSA) is 108 Å². The van der Waals surface area contributed by atoms with Gasteiger partial charge in [-0.3, -0.25) is 9.59 Å². The molecular weight excluding hydrogens is 328 g/mol. The second-order valence-corrected chi connectivity index (χ2v) is 4.99. The van der Waals surface area contributed by atoms with Gasteiger partial charge in [0.15, 0.2) is 12.2 Å². The lowest BCUT2D eigenvalue weighted by Crippen LogP contribution is -2.29. The molecule has 25 heavy (non-hydrogen) atoms. The molecule has 0 saturated heterocycles. The van der Waals surface area contributed by atoms with E-state index in [4.69, 9.17) is 9.15 Å². The summed E-state index contributed by atoms with van der Waals surface area (Å²) in [5.74, 6) is -1.21. The summed E-state index contributed by atoms with van der Waals surface area (Å²) in [6, 6.07) is 7.21. The Bertz CT molecular complexity index is 747. The van der Waals surface area contributed by atoms with Gasteiger partial charge in [-0.2, -0.15) is 0 Å². The van der Waals surface area contributed by atoms with Crippen molar-refractivity contribution in [3.63, 3.8) is 0 Å². The van der Waals surface area contributed by atoms with E-state index in [2.05, 4.69) is 15.0 Å². The number of rotatable bonds is 8. The molecule has 8 heteroatoms. The first-order chi connectivity index (χ1) is 12.1. The molecule has 132 valence electrons. The van der Waals surface area contributed by atoms with Crippen LogP contribution in [-0.4, -0.2) is 43.1 Å². The smallest absolute Gasteiger partial charge is 0.331 e. The van der Waals surface area contributed by atoms with Crippen LogP contribution in [-0.2, 0) is 23.9 Å². The molecule has 2 rings (SSSR count). The zero-order valence-corrected chi connectivity index (χ0v) is 13.7. The monoisotopic (exact) mass is 346 g/mol. The summed E-state index contributed by atoms with van der Waals surface area (Å²) >= 11 is 0. The van der Waals surface area contributed by atoms with Crippen LogP contribution in [0, 0.1) is 0 Å². The van der Waals surface area contributed by atoms with Crippen molar-refractivity contribution in [2.75, 3.05) is 20.3 Å². The minimum Gasteiger partial charge on any atom is -0.469 e. The van der Waals surface area contributed by atoms with Crippen LogP contribution in [0.1, 0.15) is 18.7 Å². The van der Waals surface area contributed by atoms with E-state index in [1.165, 1.54) is 13.2 Å². The summed E-state index contributed by atoms with van der Waals surface area (Å²) in [4.78, 5) is 38.1. The summed E-state index contributed by atoms with van der Waals surface area (Å²) in [5.41, 5.74) is 1.30. The van der Waals surface area contributed by atoms with Crippen LogP contribution < -0.4 is 5.32 Å². The van der Waals surface area contributed by atoms with Crippen LogP contribution >= 0.6 is 0 Å². The van der Waals surface area contributed by atoms with Crippen molar-refractivity contribution < 1.29 is 28.3 Å². The van der Waals surface area contributed by atoms with Crippen molar-refractivity contribution in [3.8, 4) is 0 Å². The fourth-order valence-corrected chi connectivity index (χ4v) is 1.90. The van der Waals surface area contributed by atoms with Crippen LogP contribution in [0.3, 0.4) is 0 Å². The third-order valence-electron chi connectivity index (χ3n) is 3.13. The predicted octanol–water partition coefficient (Wildman–Crippen LogP) is 1.45. The normalized spacial score (nSPS) is 10.8. The van der Waals surface area contributed by atoms with Crippen LogP contribution in [0.4, 0.5) is 0 Å². The molecular formula is C17H18N2O6. The lowest BCUT2D eigenvalue weighted by atomic mass is 10.3. The van der Waals surface area contributed by atoms with E-state index < -0.39 is 18.5 Å². The van der Waals surface area contributed by atoms with E-state index in [9.17, 15) is 14.4 Å². The van der Waals surface area contributed by atoms with Gasteiger partial charge < -0.3 is 19.2 Å². The fourth-order valence-electron chi connectivity index (χ4n) is 1.90. The number of aromatic nitrogens is 1. The highest BCUT2D eigenvalue weighted by Gasteiger charge is 2.07. The van der Waals surface area contributed by atoms with Crippen molar-refractivity contribution in [1.82, 2.24) is 10.3 Å². The maximum Gasteiger partial charge on any atom is 0.331 e. The zero-order chi connectivity index (χ0) is 18.1. The van der Waals surface area contributed by atoms with E-state index in [1.807, 2.05) is 12.1 Å². The van der Waals surface area contributed by atoms with Crippen LogP contribution in [0.2, 0.25) is 0 Å². The molecule has 0 atom stereocenters. The van der Waals surface area contributed by atoms with E-state index in [1.54, 1.807) is 12.1 Å². The molecule has 1 N–H and O–H groups in total. The Hall–Kier alpha value is -3.16. The SMILES string of the molecule is COC(=O)CCCNC(=O)COC(=O)/C=C/c1nc2ccccc2o1. The number of amides is 1. The van der Waals surface area contributed by atoms with Gasteiger partial charge in [0.25, 0.3) is 5.91 Å². The average Bonchev–Trinajstić information content (AvgIpc) is 3.04. The maximum absolute atomic E-state index is 11.6. The van der Waals surface area contributed by atoms with Gasteiger partial charge in [0.1, 0.15) is 5.52 Å². The highest BCUT2D eigenvalue weighted by Crippen LogP contribution is 2.15. The van der Waals surface area contributed by atoms with Crippen LogP contribution in [0.25, 0.3) is 17.2 Å². The number of carbonyl (C=O) groups is 3. The second kappa shape index (κ2) is 9.21. The lowest BCUT2D eigenvalue weighted by Gasteiger charge is -2.04. The van der Waals surface area contributed by atoms with Crippen molar-refractivity contribution in [3.05, 3.63) is 36.2 Å². The third-order valence-corrected chi connectivity index (χ3v) is 3.13. The highest BCUT2D eigenvalue weighted by atomic mass is 16.5. The number of hydrogen-bond acceptors (Lipinski definition) is 7. The predicted molar refractivity (Wildman–Crippen MR) is 88.3 cm³/mol. The van der Waals surface area contributed by atoms with Gasteiger partial charge in [0.2, 0.25) is 5.89 Å². The van der Waals surface area contributed by atoms with Crippen molar-refractivity contribution >= 4 is 35.0 Å². The van der Waals surface area contributed by atoms with Gasteiger partial charge in [-0.1, -0.05) is 12.1 Å². The largest absolute Gasteiger partial charge is 0.469 e. The van der Waals surface area contributed by atoms with E-state index >= 15 is 0 Å². The first kappa shape index (κ1) is 18.2.